The number of nitrogens with two attached hydrogens (primary N) is 1. The zero-order valence-electron chi connectivity index (χ0n) is 9.53. The summed E-state index contributed by atoms with van der Waals surface area (Å²) in [6.45, 7) is 2.66. The van der Waals surface area contributed by atoms with E-state index in [2.05, 4.69) is 6.92 Å². The van der Waals surface area contributed by atoms with Crippen LogP contribution in [0.1, 0.15) is 27.9 Å². The van der Waals surface area contributed by atoms with E-state index in [-0.39, 0.29) is 5.91 Å². The second-order valence-corrected chi connectivity index (χ2v) is 5.26. The van der Waals surface area contributed by atoms with Gasteiger partial charge in [-0.3, -0.25) is 4.79 Å². The Morgan fingerprint density at radius 2 is 2.25 bits per heavy atom. The summed E-state index contributed by atoms with van der Waals surface area (Å²) in [5.74, 6) is 0.0425. The van der Waals surface area contributed by atoms with Crippen LogP contribution in [-0.4, -0.2) is 29.4 Å². The zero-order chi connectivity index (χ0) is 12.1. The van der Waals surface area contributed by atoms with Gasteiger partial charge in [-0.1, -0.05) is 19.1 Å². The second kappa shape index (κ2) is 5.96. The average molecular weight is 256 g/mol. The smallest absolute Gasteiger partial charge is 0.263 e. The first-order chi connectivity index (χ1) is 7.54. The van der Waals surface area contributed by atoms with E-state index in [0.29, 0.717) is 18.0 Å². The number of carbonyl (C=O) groups excluding carboxylic acids is 1. The lowest BCUT2D eigenvalue weighted by Gasteiger charge is -2.15. The van der Waals surface area contributed by atoms with Gasteiger partial charge in [0.05, 0.1) is 9.87 Å². The fourth-order valence-electron chi connectivity index (χ4n) is 1.25. The molecule has 0 spiro atoms. The van der Waals surface area contributed by atoms with Crippen LogP contribution < -0.4 is 5.73 Å². The summed E-state index contributed by atoms with van der Waals surface area (Å²) in [5, 5.41) is 0. The van der Waals surface area contributed by atoms with Gasteiger partial charge in [-0.2, -0.15) is 0 Å². The Labute approximate surface area is 105 Å². The highest BCUT2D eigenvalue weighted by Crippen LogP contribution is 2.18. The molecule has 1 aromatic rings. The summed E-state index contributed by atoms with van der Waals surface area (Å²) >= 11 is 6.33. The van der Waals surface area contributed by atoms with Crippen molar-refractivity contribution in [3.63, 3.8) is 0 Å². The third-order valence-electron chi connectivity index (χ3n) is 2.26. The number of rotatable bonds is 5. The number of carbonyl (C=O) groups is 1. The number of hydrogen-bond acceptors (Lipinski definition) is 3. The molecule has 0 aromatic carbocycles. The summed E-state index contributed by atoms with van der Waals surface area (Å²) < 4.78 is 0. The summed E-state index contributed by atoms with van der Waals surface area (Å²) in [7, 11) is 1.77. The van der Waals surface area contributed by atoms with Crippen LogP contribution in [0.5, 0.6) is 0 Å². The fraction of sp³-hybridized carbons (Fsp3) is 0.455. The molecule has 1 rings (SSSR count). The van der Waals surface area contributed by atoms with Gasteiger partial charge in [0, 0.05) is 24.9 Å². The van der Waals surface area contributed by atoms with E-state index in [1.54, 1.807) is 23.3 Å². The molecule has 88 valence electrons. The van der Waals surface area contributed by atoms with Crippen molar-refractivity contribution in [2.45, 2.75) is 19.8 Å². The fourth-order valence-corrected chi connectivity index (χ4v) is 2.28. The van der Waals surface area contributed by atoms with Crippen LogP contribution >= 0.6 is 23.6 Å². The Morgan fingerprint density at radius 3 is 2.75 bits per heavy atom. The molecule has 2 N–H and O–H groups in total. The van der Waals surface area contributed by atoms with Crippen molar-refractivity contribution in [3.8, 4) is 0 Å². The van der Waals surface area contributed by atoms with Crippen molar-refractivity contribution in [3.05, 3.63) is 21.9 Å². The quantitative estimate of drug-likeness (QED) is 0.820. The van der Waals surface area contributed by atoms with Gasteiger partial charge in [0.25, 0.3) is 5.91 Å². The van der Waals surface area contributed by atoms with Gasteiger partial charge in [0.1, 0.15) is 0 Å². The van der Waals surface area contributed by atoms with E-state index in [1.165, 1.54) is 4.88 Å². The number of amides is 1. The van der Waals surface area contributed by atoms with Gasteiger partial charge in [0.2, 0.25) is 0 Å². The first kappa shape index (κ1) is 13.1. The van der Waals surface area contributed by atoms with Crippen LogP contribution in [0.4, 0.5) is 0 Å². The van der Waals surface area contributed by atoms with Crippen LogP contribution in [0.15, 0.2) is 12.1 Å². The van der Waals surface area contributed by atoms with Crippen molar-refractivity contribution in [2.24, 2.45) is 5.73 Å². The minimum atomic E-state index is 0.0425. The third-order valence-corrected chi connectivity index (χ3v) is 3.68. The lowest BCUT2D eigenvalue weighted by molar-refractivity contribution is 0.0803. The molecule has 0 aliphatic carbocycles. The van der Waals surface area contributed by atoms with Crippen molar-refractivity contribution in [2.75, 3.05) is 13.6 Å². The maximum Gasteiger partial charge on any atom is 0.263 e. The summed E-state index contributed by atoms with van der Waals surface area (Å²) in [6, 6.07) is 3.88. The van der Waals surface area contributed by atoms with Crippen molar-refractivity contribution in [1.82, 2.24) is 4.90 Å². The van der Waals surface area contributed by atoms with Gasteiger partial charge in [-0.15, -0.1) is 11.3 Å². The van der Waals surface area contributed by atoms with Crippen molar-refractivity contribution < 1.29 is 4.79 Å². The molecule has 0 atom stereocenters. The Hall–Kier alpha value is -0.940. The van der Waals surface area contributed by atoms with E-state index < -0.39 is 0 Å². The molecular formula is C11H16N2OS2. The van der Waals surface area contributed by atoms with Crippen molar-refractivity contribution >= 4 is 34.5 Å². The number of thiocarbonyl (C=S) groups is 1. The van der Waals surface area contributed by atoms with E-state index in [4.69, 9.17) is 18.0 Å². The molecule has 1 aromatic heterocycles. The first-order valence-corrected chi connectivity index (χ1v) is 6.39. The predicted octanol–water partition coefficient (Wildman–Crippen LogP) is 2.06. The molecule has 0 aliphatic rings. The first-order valence-electron chi connectivity index (χ1n) is 5.17. The topological polar surface area (TPSA) is 46.3 Å². The van der Waals surface area contributed by atoms with Crippen LogP contribution in [0.3, 0.4) is 0 Å². The SMILES string of the molecule is CCc1ccc(C(=O)N(C)CCC(N)=S)s1. The van der Waals surface area contributed by atoms with Gasteiger partial charge in [0.15, 0.2) is 0 Å². The van der Waals surface area contributed by atoms with Crippen LogP contribution in [-0.2, 0) is 6.42 Å². The molecule has 0 saturated carbocycles. The van der Waals surface area contributed by atoms with Gasteiger partial charge in [-0.05, 0) is 18.6 Å². The molecule has 16 heavy (non-hydrogen) atoms. The molecule has 0 saturated heterocycles. The Bertz CT molecular complexity index is 387. The number of aryl methyl sites for hydroxylation is 1. The Balaban J connectivity index is 2.59. The monoisotopic (exact) mass is 256 g/mol. The Morgan fingerprint density at radius 1 is 1.56 bits per heavy atom. The van der Waals surface area contributed by atoms with E-state index in [9.17, 15) is 4.79 Å². The molecule has 5 heteroatoms. The molecule has 0 fully saturated rings. The highest BCUT2D eigenvalue weighted by Gasteiger charge is 2.13. The normalized spacial score (nSPS) is 10.1. The molecule has 3 nitrogen and oxygen atoms in total. The summed E-state index contributed by atoms with van der Waals surface area (Å²) in [6.07, 6.45) is 1.54. The maximum atomic E-state index is 11.9. The lowest BCUT2D eigenvalue weighted by atomic mass is 10.3. The predicted molar refractivity (Wildman–Crippen MR) is 72.1 cm³/mol. The lowest BCUT2D eigenvalue weighted by Crippen LogP contribution is -2.29. The molecular weight excluding hydrogens is 240 g/mol. The molecule has 0 unspecified atom stereocenters. The van der Waals surface area contributed by atoms with Gasteiger partial charge in [-0.25, -0.2) is 0 Å². The highest BCUT2D eigenvalue weighted by molar-refractivity contribution is 7.80. The largest absolute Gasteiger partial charge is 0.393 e. The standard InChI is InChI=1S/C11H16N2OS2/c1-3-8-4-5-9(16-8)11(14)13(2)7-6-10(12)15/h4-5H,3,6-7H2,1-2H3,(H2,12,15). The third kappa shape index (κ3) is 3.57. The molecule has 1 heterocycles. The number of hydrogen-bond donors (Lipinski definition) is 1. The second-order valence-electron chi connectivity index (χ2n) is 3.56. The molecule has 0 bridgehead atoms. The molecule has 1 amide bonds. The highest BCUT2D eigenvalue weighted by atomic mass is 32.1. The van der Waals surface area contributed by atoms with Crippen LogP contribution in [0, 0.1) is 0 Å². The summed E-state index contributed by atoms with van der Waals surface area (Å²) in [4.78, 5) is 16.0. The van der Waals surface area contributed by atoms with Gasteiger partial charge < -0.3 is 10.6 Å². The van der Waals surface area contributed by atoms with Crippen LogP contribution in [0.2, 0.25) is 0 Å². The number of thiophene rings is 1. The van der Waals surface area contributed by atoms with E-state index in [1.807, 2.05) is 12.1 Å². The minimum Gasteiger partial charge on any atom is -0.393 e. The van der Waals surface area contributed by atoms with Crippen molar-refractivity contribution in [1.29, 1.82) is 0 Å². The number of nitrogens with zero attached hydrogens (tertiary/aromatic N) is 1. The average Bonchev–Trinajstić information content (AvgIpc) is 2.73. The minimum absolute atomic E-state index is 0.0425. The summed E-state index contributed by atoms with van der Waals surface area (Å²) in [5.41, 5.74) is 5.40. The zero-order valence-corrected chi connectivity index (χ0v) is 11.2. The Kier molecular flexibility index (Phi) is 4.89. The van der Waals surface area contributed by atoms with E-state index in [0.717, 1.165) is 11.3 Å². The molecule has 0 radical (unpaired) electrons. The van der Waals surface area contributed by atoms with E-state index >= 15 is 0 Å². The van der Waals surface area contributed by atoms with Gasteiger partial charge >= 0.3 is 0 Å². The maximum absolute atomic E-state index is 11.9. The molecule has 0 aliphatic heterocycles. The van der Waals surface area contributed by atoms with Crippen LogP contribution in [0.25, 0.3) is 0 Å².